The first-order valence-electron chi connectivity index (χ1n) is 4.33. The van der Waals surface area contributed by atoms with Crippen LogP contribution in [0.25, 0.3) is 0 Å². The van der Waals surface area contributed by atoms with E-state index in [-0.39, 0.29) is 16.7 Å². The number of nitrogens with zero attached hydrogens (tertiary/aromatic N) is 1. The fourth-order valence-electron chi connectivity index (χ4n) is 1.11. The number of aryl methyl sites for hydroxylation is 1. The van der Waals surface area contributed by atoms with Crippen LogP contribution in [0.4, 0.5) is 13.2 Å². The van der Waals surface area contributed by atoms with Crippen LogP contribution in [0.5, 0.6) is 0 Å². The second-order valence-electron chi connectivity index (χ2n) is 2.97. The third-order valence-electron chi connectivity index (χ3n) is 1.75. The lowest BCUT2D eigenvalue weighted by atomic mass is 10.1. The van der Waals surface area contributed by atoms with Gasteiger partial charge < -0.3 is 0 Å². The predicted molar refractivity (Wildman–Crippen MR) is 60.0 cm³/mol. The summed E-state index contributed by atoms with van der Waals surface area (Å²) in [4.78, 5) is 0.128. The Hall–Kier alpha value is -0.670. The first-order chi connectivity index (χ1) is 7.42. The van der Waals surface area contributed by atoms with Crippen LogP contribution in [-0.4, -0.2) is 5.51 Å². The highest BCUT2D eigenvalue weighted by Gasteiger charge is 2.30. The molecular formula is C10H7BrF3NS. The van der Waals surface area contributed by atoms with Crippen LogP contribution >= 0.6 is 27.7 Å². The molecule has 6 heteroatoms. The molecule has 0 aliphatic heterocycles. The molecular weight excluding hydrogens is 303 g/mol. The van der Waals surface area contributed by atoms with Gasteiger partial charge >= 0.3 is 5.51 Å². The molecule has 1 aromatic rings. The molecule has 0 amide bonds. The van der Waals surface area contributed by atoms with Crippen LogP contribution in [0.1, 0.15) is 12.0 Å². The van der Waals surface area contributed by atoms with Crippen LogP contribution in [0.2, 0.25) is 0 Å². The van der Waals surface area contributed by atoms with Gasteiger partial charge in [0.2, 0.25) is 0 Å². The molecule has 16 heavy (non-hydrogen) atoms. The lowest BCUT2D eigenvalue weighted by molar-refractivity contribution is -0.0328. The van der Waals surface area contributed by atoms with E-state index in [0.717, 1.165) is 5.56 Å². The Balaban J connectivity index is 2.87. The second-order valence-corrected chi connectivity index (χ2v) is 4.93. The van der Waals surface area contributed by atoms with Gasteiger partial charge in [-0.15, -0.1) is 0 Å². The van der Waals surface area contributed by atoms with Crippen LogP contribution in [0.3, 0.4) is 0 Å². The molecule has 86 valence electrons. The van der Waals surface area contributed by atoms with Gasteiger partial charge in [0, 0.05) is 15.8 Å². The highest BCUT2D eigenvalue weighted by molar-refractivity contribution is 9.10. The monoisotopic (exact) mass is 309 g/mol. The van der Waals surface area contributed by atoms with Gasteiger partial charge in [-0.3, -0.25) is 0 Å². The van der Waals surface area contributed by atoms with E-state index in [2.05, 4.69) is 15.9 Å². The normalized spacial score (nSPS) is 11.2. The van der Waals surface area contributed by atoms with Gasteiger partial charge in [0.15, 0.2) is 0 Å². The zero-order valence-corrected chi connectivity index (χ0v) is 10.4. The Morgan fingerprint density at radius 2 is 2.06 bits per heavy atom. The van der Waals surface area contributed by atoms with E-state index in [1.54, 1.807) is 12.1 Å². The lowest BCUT2D eigenvalue weighted by Crippen LogP contribution is -1.99. The summed E-state index contributed by atoms with van der Waals surface area (Å²) in [6.07, 6.45) is 0.771. The third-order valence-corrected chi connectivity index (χ3v) is 3.49. The average Bonchev–Trinajstić information content (AvgIpc) is 2.17. The zero-order chi connectivity index (χ0) is 12.2. The minimum atomic E-state index is -4.30. The van der Waals surface area contributed by atoms with E-state index < -0.39 is 5.51 Å². The van der Waals surface area contributed by atoms with Gasteiger partial charge in [0.1, 0.15) is 0 Å². The van der Waals surface area contributed by atoms with Crippen molar-refractivity contribution < 1.29 is 13.2 Å². The summed E-state index contributed by atoms with van der Waals surface area (Å²) in [5, 5.41) is 8.39. The molecule has 0 atom stereocenters. The highest BCUT2D eigenvalue weighted by atomic mass is 79.9. The number of nitriles is 1. The number of thioether (sulfide) groups is 1. The van der Waals surface area contributed by atoms with Crippen molar-refractivity contribution in [3.05, 3.63) is 28.2 Å². The van der Waals surface area contributed by atoms with Crippen LogP contribution < -0.4 is 0 Å². The number of rotatable bonds is 3. The Bertz CT molecular complexity index is 412. The van der Waals surface area contributed by atoms with E-state index in [1.165, 1.54) is 6.07 Å². The van der Waals surface area contributed by atoms with Crippen molar-refractivity contribution in [2.75, 3.05) is 0 Å². The van der Waals surface area contributed by atoms with Crippen molar-refractivity contribution in [1.82, 2.24) is 0 Å². The van der Waals surface area contributed by atoms with Crippen molar-refractivity contribution in [2.24, 2.45) is 0 Å². The van der Waals surface area contributed by atoms with E-state index in [1.807, 2.05) is 6.07 Å². The SMILES string of the molecule is N#CCCc1ccc(Br)c(SC(F)(F)F)c1. The maximum Gasteiger partial charge on any atom is 0.446 e. The van der Waals surface area contributed by atoms with Crippen molar-refractivity contribution >= 4 is 27.7 Å². The highest BCUT2D eigenvalue weighted by Crippen LogP contribution is 2.40. The lowest BCUT2D eigenvalue weighted by Gasteiger charge is -2.09. The Morgan fingerprint density at radius 3 is 2.62 bits per heavy atom. The predicted octanol–water partition coefficient (Wildman–Crippen LogP) is 4.52. The van der Waals surface area contributed by atoms with E-state index in [9.17, 15) is 13.2 Å². The summed E-state index contributed by atoms with van der Waals surface area (Å²) in [6, 6.07) is 6.70. The maximum atomic E-state index is 12.2. The van der Waals surface area contributed by atoms with Crippen LogP contribution in [0.15, 0.2) is 27.6 Å². The van der Waals surface area contributed by atoms with Gasteiger partial charge in [0.25, 0.3) is 0 Å². The molecule has 0 fully saturated rings. The van der Waals surface area contributed by atoms with Crippen molar-refractivity contribution in [3.63, 3.8) is 0 Å². The van der Waals surface area contributed by atoms with Crippen LogP contribution in [0, 0.1) is 11.3 Å². The fraction of sp³-hybridized carbons (Fsp3) is 0.300. The Morgan fingerprint density at radius 1 is 1.38 bits per heavy atom. The molecule has 0 N–H and O–H groups in total. The molecule has 1 rings (SSSR count). The number of alkyl halides is 3. The third kappa shape index (κ3) is 4.45. The minimum absolute atomic E-state index is 0.128. The number of halogens is 4. The Kier molecular flexibility index (Phi) is 4.69. The standard InChI is InChI=1S/C10H7BrF3NS/c11-8-4-3-7(2-1-5-15)6-9(8)16-10(12,13)14/h3-4,6H,1-2H2. The molecule has 0 aliphatic rings. The molecule has 0 aromatic heterocycles. The van der Waals surface area contributed by atoms with E-state index in [0.29, 0.717) is 17.3 Å². The molecule has 1 aromatic carbocycles. The molecule has 0 bridgehead atoms. The summed E-state index contributed by atoms with van der Waals surface area (Å²) in [7, 11) is 0. The summed E-state index contributed by atoms with van der Waals surface area (Å²) in [5.74, 6) is 0. The average molecular weight is 310 g/mol. The van der Waals surface area contributed by atoms with Gasteiger partial charge in [0.05, 0.1) is 6.07 Å². The smallest absolute Gasteiger partial charge is 0.198 e. The van der Waals surface area contributed by atoms with Gasteiger partial charge in [-0.2, -0.15) is 18.4 Å². The molecule has 0 radical (unpaired) electrons. The van der Waals surface area contributed by atoms with Crippen LogP contribution in [-0.2, 0) is 6.42 Å². The van der Waals surface area contributed by atoms with Gasteiger partial charge in [-0.25, -0.2) is 0 Å². The quantitative estimate of drug-likeness (QED) is 0.767. The first-order valence-corrected chi connectivity index (χ1v) is 5.94. The van der Waals surface area contributed by atoms with E-state index in [4.69, 9.17) is 5.26 Å². The van der Waals surface area contributed by atoms with Crippen molar-refractivity contribution in [1.29, 1.82) is 5.26 Å². The first kappa shape index (κ1) is 13.4. The summed E-state index contributed by atoms with van der Waals surface area (Å²) >= 11 is 2.91. The number of hydrogen-bond acceptors (Lipinski definition) is 2. The summed E-state index contributed by atoms with van der Waals surface area (Å²) in [6.45, 7) is 0. The maximum absolute atomic E-state index is 12.2. The largest absolute Gasteiger partial charge is 0.446 e. The molecule has 0 saturated carbocycles. The topological polar surface area (TPSA) is 23.8 Å². The molecule has 0 saturated heterocycles. The van der Waals surface area contributed by atoms with E-state index >= 15 is 0 Å². The molecule has 0 unspecified atom stereocenters. The molecule has 1 nitrogen and oxygen atoms in total. The summed E-state index contributed by atoms with van der Waals surface area (Å²) in [5.41, 5.74) is -3.56. The summed E-state index contributed by atoms with van der Waals surface area (Å²) < 4.78 is 37.0. The zero-order valence-electron chi connectivity index (χ0n) is 8.01. The minimum Gasteiger partial charge on any atom is -0.198 e. The fourth-order valence-corrected chi connectivity index (χ4v) is 2.22. The number of hydrogen-bond donors (Lipinski definition) is 0. The van der Waals surface area contributed by atoms with Crippen molar-refractivity contribution in [2.45, 2.75) is 23.2 Å². The van der Waals surface area contributed by atoms with Gasteiger partial charge in [-0.1, -0.05) is 6.07 Å². The van der Waals surface area contributed by atoms with Gasteiger partial charge in [-0.05, 0) is 51.8 Å². The second kappa shape index (κ2) is 5.60. The van der Waals surface area contributed by atoms with Crippen molar-refractivity contribution in [3.8, 4) is 6.07 Å². The molecule has 0 aliphatic carbocycles. The number of benzene rings is 1. The molecule has 0 spiro atoms. The Labute approximate surface area is 104 Å². The molecule has 0 heterocycles.